The van der Waals surface area contributed by atoms with Gasteiger partial charge in [-0.2, -0.15) is 80.5 Å². The van der Waals surface area contributed by atoms with Crippen LogP contribution >= 0.6 is 0 Å². The molecular weight excluding hydrogens is 1110 g/mol. The van der Waals surface area contributed by atoms with E-state index in [1.165, 1.54) is 0 Å². The van der Waals surface area contributed by atoms with Crippen LogP contribution in [-0.2, 0) is 0 Å². The Morgan fingerprint density at radius 1 is 0.228 bits per heavy atom. The molecule has 0 aliphatic carbocycles. The van der Waals surface area contributed by atoms with Gasteiger partial charge in [0.15, 0.2) is 93.1 Å². The Morgan fingerprint density at radius 2 is 0.367 bits per heavy atom. The molecule has 3 aliphatic heterocycles. The second kappa shape index (κ2) is 21.8. The van der Waals surface area contributed by atoms with E-state index in [0.717, 1.165) is 61.4 Å². The maximum absolute atomic E-state index is 14.5. The lowest BCUT2D eigenvalue weighted by atomic mass is 9.06. The first-order chi connectivity index (χ1) is 34.3. The molecule has 0 fully saturated rings. The van der Waals surface area contributed by atoms with Gasteiger partial charge in [0, 0.05) is 25.2 Å². The summed E-state index contributed by atoms with van der Waals surface area (Å²) in [6, 6.07) is 0. The van der Waals surface area contributed by atoms with E-state index in [4.69, 9.17) is 0 Å². The minimum absolute atomic E-state index is 0. The summed E-state index contributed by atoms with van der Waals surface area (Å²) in [7, 11) is 0. The van der Waals surface area contributed by atoms with Gasteiger partial charge in [-0.25, -0.2) is 116 Å². The zero-order valence-corrected chi connectivity index (χ0v) is 39.7. The summed E-state index contributed by atoms with van der Waals surface area (Å²) in [6.07, 6.45) is -8.40. The first-order valence-electron chi connectivity index (χ1n) is 22.5. The van der Waals surface area contributed by atoms with Crippen LogP contribution in [0.1, 0.15) is 29.7 Å². The maximum atomic E-state index is 14.5. The van der Waals surface area contributed by atoms with E-state index in [-0.39, 0.29) is 29.7 Å². The number of hydrogen-bond donors (Lipinski definition) is 0. The molecule has 6 aromatic carbocycles. The van der Waals surface area contributed by atoms with E-state index in [0.29, 0.717) is 0 Å². The minimum atomic E-state index is -2.81. The van der Waals surface area contributed by atoms with Crippen molar-refractivity contribution in [2.24, 2.45) is 0 Å². The maximum Gasteiger partial charge on any atom is 0.213 e. The third-order valence-corrected chi connectivity index (χ3v) is 15.3. The van der Waals surface area contributed by atoms with Gasteiger partial charge < -0.3 is 0 Å². The van der Waals surface area contributed by atoms with Gasteiger partial charge >= 0.3 is 0 Å². The monoisotopic (exact) mass is 1150 g/mol. The molecule has 79 heavy (non-hydrogen) atoms. The van der Waals surface area contributed by atoms with Crippen molar-refractivity contribution in [3.8, 4) is 0 Å². The quantitative estimate of drug-likeness (QED) is 0.0619. The first kappa shape index (κ1) is 67.3. The van der Waals surface area contributed by atoms with Crippen LogP contribution in [0.2, 0.25) is 61.4 Å². The van der Waals surface area contributed by atoms with Crippen molar-refractivity contribution >= 4 is 104 Å². The number of fused-ring (bicyclic) bond motifs is 6. The molecule has 430 valence electrons. The summed E-state index contributed by atoms with van der Waals surface area (Å²) in [5, 5.41) is 0. The van der Waals surface area contributed by atoms with Crippen molar-refractivity contribution in [2.75, 3.05) is 0 Å². The molecule has 0 saturated carbocycles. The molecule has 3 aliphatic rings. The lowest BCUT2D eigenvalue weighted by molar-refractivity contribution is 0.413. The van der Waals surface area contributed by atoms with Crippen molar-refractivity contribution in [1.29, 1.82) is 0 Å². The van der Waals surface area contributed by atoms with Crippen LogP contribution in [0.25, 0.3) is 0 Å². The zero-order chi connectivity index (χ0) is 57.0. The van der Waals surface area contributed by atoms with Crippen molar-refractivity contribution in [3.63, 3.8) is 0 Å². The highest BCUT2D eigenvalue weighted by Crippen LogP contribution is 2.28. The summed E-state index contributed by atoms with van der Waals surface area (Å²) >= 11 is 0. The fourth-order valence-corrected chi connectivity index (χ4v) is 12.0. The number of hydrogen-bond acceptors (Lipinski definition) is 0. The summed E-state index contributed by atoms with van der Waals surface area (Å²) < 4.78 is 336. The number of halogens is 24. The summed E-state index contributed by atoms with van der Waals surface area (Å²) in [6.45, 7) is 4.28. The van der Waals surface area contributed by atoms with E-state index < -0.39 is 244 Å². The predicted molar refractivity (Wildman–Crippen MR) is 269 cm³/mol. The first-order valence-corrected chi connectivity index (χ1v) is 22.5. The Bertz CT molecular complexity index is 3180. The molecule has 0 nitrogen and oxygen atoms in total. The van der Waals surface area contributed by atoms with Crippen molar-refractivity contribution in [3.05, 3.63) is 140 Å². The van der Waals surface area contributed by atoms with Crippen LogP contribution in [0.15, 0.2) is 0 Å². The molecule has 0 atom stereocenters. The molecule has 6 aromatic rings. The lowest BCUT2D eigenvalue weighted by Crippen LogP contribution is -2.81. The average molecular weight is 1150 g/mol. The van der Waals surface area contributed by atoms with Gasteiger partial charge in [0.05, 0.1) is 0 Å². The van der Waals surface area contributed by atoms with E-state index >= 15 is 0 Å². The topological polar surface area (TPSA) is 0 Å². The SMILES string of the molecule is C.C.C.C.CB1c2c(F)c(F)c(F)c(F)c2B(C)c2c(F)c(F)c(F)c(F)c21.C[B-]1(C)c2c(F)c(F)c(F)c(F)c2[B-](C)(C)c2c(F)c(F)c(F)c(F)c21.C[BH-]1c2c(F)c(F)c(F)c(F)c2[B-](C)(C)c2c(F)c(F)c(F)c(F)c21. The Kier molecular flexibility index (Phi) is 18.6. The standard InChI is InChI=1S/C16H12B2F8.C15H10B2F8.C14H6B2F8.4CH4/c1-17(2)5-7(11(21)15(25)13(23)9(5)19)18(3,4)8-6(17)10(20)14(24)16(26)12(8)22;1-16-4-6(10(20)14(24)12(22)8(4)18)17(2,3)7-5(16)9(19)13(23)15(25)11(7)21;1-15-3-5(9(19)13(23)11(21)7(3)17)16(2)6-4(15)8(18)12(22)14(24)10(6)20;;;;/h1-4H3;16H,1-3H3;1-2H3;4*1H4/q2*-2;;;;;. The Labute approximate surface area is 439 Å². The predicted octanol–water partition coefficient (Wildman–Crippen LogP) is 8.80. The molecule has 30 heteroatoms. The molecule has 0 spiro atoms. The Morgan fingerprint density at radius 3 is 0.557 bits per heavy atom. The zero-order valence-electron chi connectivity index (χ0n) is 39.7. The fraction of sp³-hybridized carbons (Fsp3) is 0.265. The van der Waals surface area contributed by atoms with Crippen LogP contribution in [0.4, 0.5) is 105 Å². The molecule has 0 aromatic heterocycles. The van der Waals surface area contributed by atoms with Crippen molar-refractivity contribution in [2.45, 2.75) is 91.1 Å². The third kappa shape index (κ3) is 9.01. The van der Waals surface area contributed by atoms with Gasteiger partial charge in [0.2, 0.25) is 13.4 Å². The van der Waals surface area contributed by atoms with Gasteiger partial charge in [0.1, 0.15) is 46.5 Å². The molecule has 3 heterocycles. The normalized spacial score (nSPS) is 14.7. The smallest absolute Gasteiger partial charge is 0.207 e. The van der Waals surface area contributed by atoms with Crippen molar-refractivity contribution < 1.29 is 105 Å². The summed E-state index contributed by atoms with van der Waals surface area (Å²) in [5.41, 5.74) is -8.43. The molecule has 0 N–H and O–H groups in total. The van der Waals surface area contributed by atoms with Gasteiger partial charge in [-0.05, 0) is 21.9 Å². The minimum Gasteiger partial charge on any atom is -0.207 e. The van der Waals surface area contributed by atoms with E-state index in [1.54, 1.807) is 0 Å². The summed E-state index contributed by atoms with van der Waals surface area (Å²) in [4.78, 5) is 0. The second-order valence-electron chi connectivity index (χ2n) is 20.6. The molecule has 0 unspecified atom stereocenters. The van der Waals surface area contributed by atoms with Gasteiger partial charge in [0.25, 0.3) is 0 Å². The number of benzene rings is 6. The molecule has 0 bridgehead atoms. The van der Waals surface area contributed by atoms with E-state index in [2.05, 4.69) is 0 Å². The molecule has 0 amide bonds. The summed E-state index contributed by atoms with van der Waals surface area (Å²) in [5.74, 6) is -46.3. The van der Waals surface area contributed by atoms with Crippen LogP contribution in [0.5, 0.6) is 0 Å². The van der Waals surface area contributed by atoms with E-state index in [1.807, 2.05) is 0 Å². The highest BCUT2D eigenvalue weighted by atomic mass is 19.2. The highest BCUT2D eigenvalue weighted by molar-refractivity contribution is 7.16. The Hall–Kier alpha value is -5.97. The second-order valence-corrected chi connectivity index (χ2v) is 20.6. The van der Waals surface area contributed by atoms with Gasteiger partial charge in [-0.3, -0.25) is 0 Å². The van der Waals surface area contributed by atoms with Crippen LogP contribution in [0, 0.1) is 140 Å². The van der Waals surface area contributed by atoms with Gasteiger partial charge in [-0.15, -0.1) is 0 Å². The Balaban J connectivity index is 0.000000304. The van der Waals surface area contributed by atoms with Crippen LogP contribution < -0.4 is 65.6 Å². The van der Waals surface area contributed by atoms with E-state index in [9.17, 15) is 105 Å². The third-order valence-electron chi connectivity index (χ3n) is 15.3. The highest BCUT2D eigenvalue weighted by Gasteiger charge is 2.46. The van der Waals surface area contributed by atoms with Crippen LogP contribution in [-0.4, -0.2) is 38.6 Å². The largest absolute Gasteiger partial charge is 0.213 e. The molecule has 0 radical (unpaired) electrons. The fourth-order valence-electron chi connectivity index (χ4n) is 12.0. The van der Waals surface area contributed by atoms with Gasteiger partial charge in [-0.1, -0.05) is 43.4 Å². The number of rotatable bonds is 0. The molecular formula is C49H44B6F24-4. The average Bonchev–Trinajstić information content (AvgIpc) is 3.34. The molecule has 0 saturated heterocycles. The van der Waals surface area contributed by atoms with Crippen LogP contribution in [0.3, 0.4) is 0 Å². The van der Waals surface area contributed by atoms with Crippen molar-refractivity contribution in [1.82, 2.24) is 0 Å². The lowest BCUT2D eigenvalue weighted by Gasteiger charge is -2.54. The molecule has 9 rings (SSSR count).